The van der Waals surface area contributed by atoms with Gasteiger partial charge in [-0.3, -0.25) is 9.59 Å². The molecular formula is C21H42N4O2. The van der Waals surface area contributed by atoms with Gasteiger partial charge in [0.25, 0.3) is 0 Å². The van der Waals surface area contributed by atoms with Crippen LogP contribution in [0.3, 0.4) is 0 Å². The van der Waals surface area contributed by atoms with Gasteiger partial charge in [-0.2, -0.15) is 0 Å². The first-order valence-corrected chi connectivity index (χ1v) is 10.4. The molecule has 1 fully saturated rings. The Labute approximate surface area is 166 Å². The lowest BCUT2D eigenvalue weighted by Crippen LogP contribution is -2.58. The van der Waals surface area contributed by atoms with Gasteiger partial charge in [-0.25, -0.2) is 0 Å². The topological polar surface area (TPSA) is 73.5 Å². The Morgan fingerprint density at radius 2 is 1.78 bits per heavy atom. The maximum absolute atomic E-state index is 13.3. The van der Waals surface area contributed by atoms with E-state index < -0.39 is 6.04 Å². The van der Waals surface area contributed by atoms with Crippen molar-refractivity contribution in [2.75, 3.05) is 26.7 Å². The number of nitrogens with zero attached hydrogens (tertiary/aromatic N) is 1. The van der Waals surface area contributed by atoms with E-state index in [9.17, 15) is 9.59 Å². The largest absolute Gasteiger partial charge is 0.342 e. The molecule has 0 radical (unpaired) electrons. The lowest BCUT2D eigenvalue weighted by atomic mass is 9.85. The van der Waals surface area contributed by atoms with Crippen molar-refractivity contribution in [2.24, 2.45) is 10.8 Å². The molecule has 0 aromatic heterocycles. The molecule has 27 heavy (non-hydrogen) atoms. The summed E-state index contributed by atoms with van der Waals surface area (Å²) in [6.07, 6.45) is 3.15. The third-order valence-corrected chi connectivity index (χ3v) is 5.32. The van der Waals surface area contributed by atoms with Crippen LogP contribution in [0, 0.1) is 10.8 Å². The third-order valence-electron chi connectivity index (χ3n) is 5.32. The molecule has 0 aromatic carbocycles. The van der Waals surface area contributed by atoms with E-state index in [0.717, 1.165) is 38.9 Å². The van der Waals surface area contributed by atoms with Gasteiger partial charge >= 0.3 is 0 Å². The van der Waals surface area contributed by atoms with Crippen molar-refractivity contribution in [1.29, 1.82) is 0 Å². The van der Waals surface area contributed by atoms with Gasteiger partial charge < -0.3 is 20.9 Å². The van der Waals surface area contributed by atoms with E-state index in [2.05, 4.69) is 36.7 Å². The van der Waals surface area contributed by atoms with Crippen molar-refractivity contribution in [2.45, 2.75) is 85.9 Å². The van der Waals surface area contributed by atoms with E-state index >= 15 is 0 Å². The Bertz CT molecular complexity index is 493. The number of nitrogens with one attached hydrogen (secondary N) is 3. The van der Waals surface area contributed by atoms with Crippen LogP contribution in [-0.2, 0) is 9.59 Å². The Morgan fingerprint density at radius 1 is 1.15 bits per heavy atom. The second-order valence-corrected chi connectivity index (χ2v) is 10.2. The molecule has 2 amide bonds. The molecule has 0 spiro atoms. The zero-order valence-electron chi connectivity index (χ0n) is 18.7. The molecule has 3 N–H and O–H groups in total. The summed E-state index contributed by atoms with van der Waals surface area (Å²) < 4.78 is 0. The molecule has 3 atom stereocenters. The SMILES string of the molecule is CN[C@@H](C)C(=O)N[C@H](C(=O)N1CCC[C@H]1CNCCC(C)(C)C)C(C)(C)C. The first kappa shape index (κ1) is 23.9. The number of amides is 2. The second-order valence-electron chi connectivity index (χ2n) is 10.2. The Morgan fingerprint density at radius 3 is 2.30 bits per heavy atom. The number of rotatable bonds is 8. The predicted octanol–water partition coefficient (Wildman–Crippen LogP) is 2.14. The number of hydrogen-bond acceptors (Lipinski definition) is 4. The first-order chi connectivity index (χ1) is 12.4. The molecule has 0 unspecified atom stereocenters. The van der Waals surface area contributed by atoms with Gasteiger partial charge in [0.1, 0.15) is 6.04 Å². The lowest BCUT2D eigenvalue weighted by Gasteiger charge is -2.36. The van der Waals surface area contributed by atoms with Crippen LogP contribution in [-0.4, -0.2) is 61.5 Å². The molecule has 0 bridgehead atoms. The van der Waals surface area contributed by atoms with E-state index in [1.807, 2.05) is 25.7 Å². The smallest absolute Gasteiger partial charge is 0.245 e. The fraction of sp³-hybridized carbons (Fsp3) is 0.905. The highest BCUT2D eigenvalue weighted by Crippen LogP contribution is 2.26. The van der Waals surface area contributed by atoms with Crippen LogP contribution in [0.15, 0.2) is 0 Å². The van der Waals surface area contributed by atoms with Crippen molar-refractivity contribution >= 4 is 11.8 Å². The lowest BCUT2D eigenvalue weighted by molar-refractivity contribution is -0.140. The zero-order chi connectivity index (χ0) is 20.8. The highest BCUT2D eigenvalue weighted by atomic mass is 16.2. The summed E-state index contributed by atoms with van der Waals surface area (Å²) in [6.45, 7) is 17.1. The molecule has 1 aliphatic rings. The van der Waals surface area contributed by atoms with Gasteiger partial charge in [0, 0.05) is 19.1 Å². The second kappa shape index (κ2) is 9.87. The highest BCUT2D eigenvalue weighted by molar-refractivity contribution is 5.90. The average molecular weight is 383 g/mol. The van der Waals surface area contributed by atoms with Crippen LogP contribution < -0.4 is 16.0 Å². The van der Waals surface area contributed by atoms with Crippen LogP contribution in [0.25, 0.3) is 0 Å². The number of carbonyl (C=O) groups is 2. The predicted molar refractivity (Wildman–Crippen MR) is 112 cm³/mol. The molecule has 6 heteroatoms. The number of hydrogen-bond donors (Lipinski definition) is 3. The molecule has 6 nitrogen and oxygen atoms in total. The zero-order valence-corrected chi connectivity index (χ0v) is 18.7. The minimum atomic E-state index is -0.518. The standard InChI is InChI=1S/C21H42N4O2/c1-15(22-8)18(26)24-17(21(5,6)7)19(27)25-13-9-10-16(25)14-23-12-11-20(2,3)4/h15-17,22-23H,9-14H2,1-8H3,(H,24,26)/t15-,16-,17+/m0/s1. The summed E-state index contributed by atoms with van der Waals surface area (Å²) in [5.41, 5.74) is -0.0309. The van der Waals surface area contributed by atoms with Gasteiger partial charge in [-0.15, -0.1) is 0 Å². The van der Waals surface area contributed by atoms with Gasteiger partial charge in [0.2, 0.25) is 11.8 Å². The van der Waals surface area contributed by atoms with Gasteiger partial charge in [-0.05, 0) is 50.6 Å². The molecule has 1 saturated heterocycles. The summed E-state index contributed by atoms with van der Waals surface area (Å²) in [4.78, 5) is 27.7. The highest BCUT2D eigenvalue weighted by Gasteiger charge is 2.39. The van der Waals surface area contributed by atoms with Crippen LogP contribution in [0.1, 0.15) is 67.7 Å². The van der Waals surface area contributed by atoms with Crippen molar-refractivity contribution in [1.82, 2.24) is 20.9 Å². The van der Waals surface area contributed by atoms with Crippen LogP contribution in [0.2, 0.25) is 0 Å². The van der Waals surface area contributed by atoms with Gasteiger partial charge in [0.15, 0.2) is 0 Å². The third kappa shape index (κ3) is 7.78. The van der Waals surface area contributed by atoms with Crippen molar-refractivity contribution in [3.8, 4) is 0 Å². The molecule has 0 aromatic rings. The van der Waals surface area contributed by atoms with E-state index in [0.29, 0.717) is 5.41 Å². The summed E-state index contributed by atoms with van der Waals surface area (Å²) in [7, 11) is 1.75. The molecular weight excluding hydrogens is 340 g/mol. The quantitative estimate of drug-likeness (QED) is 0.563. The van der Waals surface area contributed by atoms with Crippen LogP contribution in [0.5, 0.6) is 0 Å². The molecule has 1 aliphatic heterocycles. The van der Waals surface area contributed by atoms with Crippen molar-refractivity contribution < 1.29 is 9.59 Å². The summed E-state index contributed by atoms with van der Waals surface area (Å²) >= 11 is 0. The van der Waals surface area contributed by atoms with E-state index in [-0.39, 0.29) is 29.3 Å². The molecule has 0 aliphatic carbocycles. The average Bonchev–Trinajstić information content (AvgIpc) is 3.01. The van der Waals surface area contributed by atoms with E-state index in [1.165, 1.54) is 0 Å². The minimum absolute atomic E-state index is 0.0410. The summed E-state index contributed by atoms with van der Waals surface area (Å²) in [5.74, 6) is -0.0934. The fourth-order valence-electron chi connectivity index (χ4n) is 3.28. The van der Waals surface area contributed by atoms with Gasteiger partial charge in [-0.1, -0.05) is 41.5 Å². The van der Waals surface area contributed by atoms with Gasteiger partial charge in [0.05, 0.1) is 6.04 Å². The Balaban J connectivity index is 2.74. The molecule has 1 heterocycles. The monoisotopic (exact) mass is 382 g/mol. The normalized spacial score (nSPS) is 20.4. The number of likely N-dealkylation sites (tertiary alicyclic amines) is 1. The Kier molecular flexibility index (Phi) is 8.74. The fourth-order valence-corrected chi connectivity index (χ4v) is 3.28. The minimum Gasteiger partial charge on any atom is -0.342 e. The molecule has 1 rings (SSSR count). The maximum atomic E-state index is 13.3. The summed E-state index contributed by atoms with van der Waals surface area (Å²) in [5, 5.41) is 9.44. The van der Waals surface area contributed by atoms with Crippen molar-refractivity contribution in [3.63, 3.8) is 0 Å². The van der Waals surface area contributed by atoms with E-state index in [4.69, 9.17) is 0 Å². The number of likely N-dealkylation sites (N-methyl/N-ethyl adjacent to an activating group) is 1. The molecule has 0 saturated carbocycles. The van der Waals surface area contributed by atoms with Crippen molar-refractivity contribution in [3.05, 3.63) is 0 Å². The van der Waals surface area contributed by atoms with Crippen LogP contribution in [0.4, 0.5) is 0 Å². The van der Waals surface area contributed by atoms with E-state index in [1.54, 1.807) is 14.0 Å². The first-order valence-electron chi connectivity index (χ1n) is 10.4. The Hall–Kier alpha value is -1.14. The summed E-state index contributed by atoms with van der Waals surface area (Å²) in [6, 6.07) is -0.631. The number of carbonyl (C=O) groups excluding carboxylic acids is 2. The van der Waals surface area contributed by atoms with Crippen LogP contribution >= 0.6 is 0 Å². The molecule has 158 valence electrons. The maximum Gasteiger partial charge on any atom is 0.245 e.